The first kappa shape index (κ1) is 11.9. The minimum absolute atomic E-state index is 0. The molecule has 1 unspecified atom stereocenters. The van der Waals surface area contributed by atoms with Crippen LogP contribution in [0.1, 0.15) is 19.8 Å². The highest BCUT2D eigenvalue weighted by atomic mass is 79.9. The maximum absolute atomic E-state index is 10.6. The standard InChI is InChI=1S/C8H15NO2.BrH/c1-7(10)11-8-4-3-5-9(2)6-8;/h8H,3-6H2,1-2H3;1H. The van der Waals surface area contributed by atoms with Gasteiger partial charge < -0.3 is 9.64 Å². The summed E-state index contributed by atoms with van der Waals surface area (Å²) in [6, 6.07) is 0. The number of likely N-dealkylation sites (tertiary alicyclic amines) is 1. The Balaban J connectivity index is 0.00000121. The van der Waals surface area contributed by atoms with E-state index in [4.69, 9.17) is 4.74 Å². The highest BCUT2D eigenvalue weighted by Crippen LogP contribution is 2.11. The zero-order valence-electron chi connectivity index (χ0n) is 7.58. The van der Waals surface area contributed by atoms with E-state index in [9.17, 15) is 4.79 Å². The molecule has 1 heterocycles. The molecule has 0 bridgehead atoms. The molecule has 4 heteroatoms. The van der Waals surface area contributed by atoms with Crippen molar-refractivity contribution in [3.63, 3.8) is 0 Å². The second-order valence-electron chi connectivity index (χ2n) is 3.14. The van der Waals surface area contributed by atoms with E-state index >= 15 is 0 Å². The van der Waals surface area contributed by atoms with Gasteiger partial charge in [0.05, 0.1) is 0 Å². The largest absolute Gasteiger partial charge is 0.461 e. The Kier molecular flexibility index (Phi) is 5.50. The van der Waals surface area contributed by atoms with Crippen molar-refractivity contribution in [2.45, 2.75) is 25.9 Å². The lowest BCUT2D eigenvalue weighted by atomic mass is 10.1. The molecule has 0 aromatic rings. The van der Waals surface area contributed by atoms with E-state index in [0.29, 0.717) is 0 Å². The molecule has 12 heavy (non-hydrogen) atoms. The van der Waals surface area contributed by atoms with E-state index in [1.165, 1.54) is 6.92 Å². The van der Waals surface area contributed by atoms with Crippen molar-refractivity contribution in [1.82, 2.24) is 4.90 Å². The van der Waals surface area contributed by atoms with Gasteiger partial charge in [-0.1, -0.05) is 0 Å². The normalized spacial score (nSPS) is 24.3. The van der Waals surface area contributed by atoms with Gasteiger partial charge in [-0.25, -0.2) is 0 Å². The third kappa shape index (κ3) is 4.07. The number of rotatable bonds is 1. The number of ether oxygens (including phenoxy) is 1. The fourth-order valence-corrected chi connectivity index (χ4v) is 1.45. The van der Waals surface area contributed by atoms with Gasteiger partial charge in [0.1, 0.15) is 6.10 Å². The smallest absolute Gasteiger partial charge is 0.302 e. The number of likely N-dealkylation sites (N-methyl/N-ethyl adjacent to an activating group) is 1. The summed E-state index contributed by atoms with van der Waals surface area (Å²) in [5.41, 5.74) is 0. The van der Waals surface area contributed by atoms with Crippen LogP contribution in [0, 0.1) is 0 Å². The number of esters is 1. The molecule has 1 atom stereocenters. The first-order valence-electron chi connectivity index (χ1n) is 4.04. The molecule has 3 nitrogen and oxygen atoms in total. The highest BCUT2D eigenvalue weighted by molar-refractivity contribution is 8.93. The molecule has 1 fully saturated rings. The first-order valence-corrected chi connectivity index (χ1v) is 4.04. The second-order valence-corrected chi connectivity index (χ2v) is 3.14. The van der Waals surface area contributed by atoms with Gasteiger partial charge in [-0.05, 0) is 26.4 Å². The van der Waals surface area contributed by atoms with Gasteiger partial charge >= 0.3 is 5.97 Å². The summed E-state index contributed by atoms with van der Waals surface area (Å²) in [6.45, 7) is 3.48. The van der Waals surface area contributed by atoms with E-state index in [-0.39, 0.29) is 29.1 Å². The number of carbonyl (C=O) groups excluding carboxylic acids is 1. The van der Waals surface area contributed by atoms with Crippen LogP contribution in [-0.2, 0) is 9.53 Å². The summed E-state index contributed by atoms with van der Waals surface area (Å²) in [5.74, 6) is -0.162. The number of halogens is 1. The molecule has 0 radical (unpaired) electrons. The second kappa shape index (κ2) is 5.54. The molecule has 0 amide bonds. The molecule has 0 spiro atoms. The molecular formula is C8H16BrNO2. The van der Waals surface area contributed by atoms with Gasteiger partial charge in [0, 0.05) is 13.5 Å². The molecule has 1 saturated heterocycles. The van der Waals surface area contributed by atoms with Gasteiger partial charge in [-0.2, -0.15) is 0 Å². The first-order chi connectivity index (χ1) is 5.18. The van der Waals surface area contributed by atoms with Crippen LogP contribution in [0.25, 0.3) is 0 Å². The van der Waals surface area contributed by atoms with Crippen LogP contribution in [0.3, 0.4) is 0 Å². The van der Waals surface area contributed by atoms with Crippen LogP contribution < -0.4 is 0 Å². The molecule has 1 aliphatic rings. The number of carbonyl (C=O) groups is 1. The van der Waals surface area contributed by atoms with Crippen molar-refractivity contribution < 1.29 is 9.53 Å². The Morgan fingerprint density at radius 3 is 2.75 bits per heavy atom. The Bertz CT molecular complexity index is 152. The fourth-order valence-electron chi connectivity index (χ4n) is 1.45. The molecule has 0 saturated carbocycles. The predicted molar refractivity (Wildman–Crippen MR) is 52.6 cm³/mol. The summed E-state index contributed by atoms with van der Waals surface area (Å²) in [5, 5.41) is 0. The quantitative estimate of drug-likeness (QED) is 0.643. The molecular weight excluding hydrogens is 222 g/mol. The topological polar surface area (TPSA) is 29.5 Å². The minimum atomic E-state index is -0.162. The lowest BCUT2D eigenvalue weighted by molar-refractivity contribution is -0.148. The number of piperidine rings is 1. The van der Waals surface area contributed by atoms with Crippen LogP contribution in [0.4, 0.5) is 0 Å². The average Bonchev–Trinajstić information content (AvgIpc) is 1.85. The Morgan fingerprint density at radius 1 is 1.58 bits per heavy atom. The van der Waals surface area contributed by atoms with Crippen molar-refractivity contribution in [3.05, 3.63) is 0 Å². The van der Waals surface area contributed by atoms with Gasteiger partial charge in [0.2, 0.25) is 0 Å². The molecule has 0 aromatic heterocycles. The monoisotopic (exact) mass is 237 g/mol. The summed E-state index contributed by atoms with van der Waals surface area (Å²) < 4.78 is 5.08. The number of nitrogens with zero attached hydrogens (tertiary/aromatic N) is 1. The Hall–Kier alpha value is -0.0900. The van der Waals surface area contributed by atoms with Gasteiger partial charge in [0.25, 0.3) is 0 Å². The van der Waals surface area contributed by atoms with Gasteiger partial charge in [-0.15, -0.1) is 17.0 Å². The Morgan fingerprint density at radius 2 is 2.25 bits per heavy atom. The van der Waals surface area contributed by atoms with Crippen molar-refractivity contribution in [2.75, 3.05) is 20.1 Å². The number of hydrogen-bond donors (Lipinski definition) is 0. The minimum Gasteiger partial charge on any atom is -0.461 e. The molecule has 72 valence electrons. The maximum Gasteiger partial charge on any atom is 0.302 e. The SMILES string of the molecule is Br.CC(=O)OC1CCCN(C)C1. The van der Waals surface area contributed by atoms with Gasteiger partial charge in [0.15, 0.2) is 0 Å². The summed E-state index contributed by atoms with van der Waals surface area (Å²) >= 11 is 0. The van der Waals surface area contributed by atoms with E-state index in [1.807, 2.05) is 0 Å². The summed E-state index contributed by atoms with van der Waals surface area (Å²) in [6.07, 6.45) is 2.28. The van der Waals surface area contributed by atoms with Crippen molar-refractivity contribution in [3.8, 4) is 0 Å². The average molecular weight is 238 g/mol. The Labute approximate surface area is 83.8 Å². The maximum atomic E-state index is 10.6. The summed E-state index contributed by atoms with van der Waals surface area (Å²) in [7, 11) is 2.05. The highest BCUT2D eigenvalue weighted by Gasteiger charge is 2.18. The van der Waals surface area contributed by atoms with Crippen LogP contribution in [0.2, 0.25) is 0 Å². The lowest BCUT2D eigenvalue weighted by Gasteiger charge is -2.28. The zero-order chi connectivity index (χ0) is 8.27. The third-order valence-corrected chi connectivity index (χ3v) is 1.91. The van der Waals surface area contributed by atoms with Crippen molar-refractivity contribution in [2.24, 2.45) is 0 Å². The third-order valence-electron chi connectivity index (χ3n) is 1.91. The van der Waals surface area contributed by atoms with E-state index in [2.05, 4.69) is 11.9 Å². The molecule has 0 N–H and O–H groups in total. The fraction of sp³-hybridized carbons (Fsp3) is 0.875. The predicted octanol–water partition coefficient (Wildman–Crippen LogP) is 1.22. The molecule has 0 aliphatic carbocycles. The van der Waals surface area contributed by atoms with Crippen LogP contribution >= 0.6 is 17.0 Å². The van der Waals surface area contributed by atoms with Crippen LogP contribution in [-0.4, -0.2) is 37.1 Å². The van der Waals surface area contributed by atoms with Gasteiger partial charge in [-0.3, -0.25) is 4.79 Å². The summed E-state index contributed by atoms with van der Waals surface area (Å²) in [4.78, 5) is 12.8. The molecule has 1 aliphatic heterocycles. The van der Waals surface area contributed by atoms with Crippen LogP contribution in [0.5, 0.6) is 0 Å². The van der Waals surface area contributed by atoms with Crippen molar-refractivity contribution >= 4 is 23.0 Å². The molecule has 1 rings (SSSR count). The van der Waals surface area contributed by atoms with E-state index in [0.717, 1.165) is 25.9 Å². The number of hydrogen-bond acceptors (Lipinski definition) is 3. The zero-order valence-corrected chi connectivity index (χ0v) is 9.29. The van der Waals surface area contributed by atoms with E-state index in [1.54, 1.807) is 0 Å². The lowest BCUT2D eigenvalue weighted by Crippen LogP contribution is -2.37. The van der Waals surface area contributed by atoms with E-state index < -0.39 is 0 Å². The van der Waals surface area contributed by atoms with Crippen LogP contribution in [0.15, 0.2) is 0 Å². The van der Waals surface area contributed by atoms with Crippen molar-refractivity contribution in [1.29, 1.82) is 0 Å². The molecule has 0 aromatic carbocycles.